The highest BCUT2D eigenvalue weighted by Gasteiger charge is 2.13. The first kappa shape index (κ1) is 11.2. The van der Waals surface area contributed by atoms with Crippen molar-refractivity contribution in [1.82, 2.24) is 14.9 Å². The molecule has 0 aromatic carbocycles. The minimum Gasteiger partial charge on any atom is -0.337 e. The van der Waals surface area contributed by atoms with Gasteiger partial charge in [-0.2, -0.15) is 0 Å². The van der Waals surface area contributed by atoms with E-state index in [-0.39, 0.29) is 0 Å². The van der Waals surface area contributed by atoms with Gasteiger partial charge >= 0.3 is 0 Å². The van der Waals surface area contributed by atoms with E-state index < -0.39 is 0 Å². The number of aryl methyl sites for hydroxylation is 1. The van der Waals surface area contributed by atoms with Gasteiger partial charge in [-0.05, 0) is 19.4 Å². The number of hydrogen-bond donors (Lipinski definition) is 1. The molecule has 1 aromatic heterocycles. The zero-order chi connectivity index (χ0) is 10.4. The van der Waals surface area contributed by atoms with Crippen molar-refractivity contribution in [3.8, 4) is 0 Å². The molecule has 0 spiro atoms. The maximum atomic E-state index is 4.39. The summed E-state index contributed by atoms with van der Waals surface area (Å²) in [7, 11) is 2.05. The van der Waals surface area contributed by atoms with Gasteiger partial charge in [-0.1, -0.05) is 20.3 Å². The van der Waals surface area contributed by atoms with Crippen LogP contribution in [0.4, 0.5) is 0 Å². The molecule has 1 atom stereocenters. The van der Waals surface area contributed by atoms with Crippen molar-refractivity contribution in [2.45, 2.75) is 39.2 Å². The zero-order valence-corrected chi connectivity index (χ0v) is 9.45. The molecule has 1 rings (SSSR count). The topological polar surface area (TPSA) is 29.9 Å². The Hall–Kier alpha value is -0.830. The SMILES string of the molecule is CCCNC(CCC)c1nccn1C. The lowest BCUT2D eigenvalue weighted by atomic mass is 10.1. The third-order valence-electron chi connectivity index (χ3n) is 2.39. The smallest absolute Gasteiger partial charge is 0.125 e. The van der Waals surface area contributed by atoms with Crippen LogP contribution in [-0.2, 0) is 7.05 Å². The molecule has 1 aromatic rings. The average molecular weight is 195 g/mol. The number of nitrogens with one attached hydrogen (secondary N) is 1. The molecule has 0 saturated carbocycles. The molecule has 0 amide bonds. The predicted molar refractivity (Wildman–Crippen MR) is 59.2 cm³/mol. The lowest BCUT2D eigenvalue weighted by molar-refractivity contribution is 0.461. The first-order valence-corrected chi connectivity index (χ1v) is 5.50. The van der Waals surface area contributed by atoms with Gasteiger partial charge in [-0.3, -0.25) is 0 Å². The molecule has 14 heavy (non-hydrogen) atoms. The molecular weight excluding hydrogens is 174 g/mol. The minimum atomic E-state index is 0.417. The monoisotopic (exact) mass is 195 g/mol. The van der Waals surface area contributed by atoms with Crippen molar-refractivity contribution in [2.24, 2.45) is 7.05 Å². The number of imidazole rings is 1. The van der Waals surface area contributed by atoms with Gasteiger partial charge in [0.25, 0.3) is 0 Å². The van der Waals surface area contributed by atoms with Gasteiger partial charge in [0.15, 0.2) is 0 Å². The summed E-state index contributed by atoms with van der Waals surface area (Å²) in [6.45, 7) is 5.47. The fourth-order valence-corrected chi connectivity index (χ4v) is 1.64. The summed E-state index contributed by atoms with van der Waals surface area (Å²) < 4.78 is 2.10. The van der Waals surface area contributed by atoms with E-state index in [2.05, 4.69) is 35.8 Å². The molecule has 3 heteroatoms. The molecule has 0 aliphatic carbocycles. The largest absolute Gasteiger partial charge is 0.337 e. The van der Waals surface area contributed by atoms with Crippen molar-refractivity contribution in [2.75, 3.05) is 6.54 Å². The standard InChI is InChI=1S/C11H21N3/c1-4-6-10(12-7-5-2)11-13-8-9-14(11)3/h8-10,12H,4-7H2,1-3H3. The molecular formula is C11H21N3. The second-order valence-corrected chi connectivity index (χ2v) is 3.69. The van der Waals surface area contributed by atoms with E-state index in [9.17, 15) is 0 Å². The Morgan fingerprint density at radius 1 is 1.43 bits per heavy atom. The first-order chi connectivity index (χ1) is 6.79. The van der Waals surface area contributed by atoms with Crippen LogP contribution in [-0.4, -0.2) is 16.1 Å². The Kier molecular flexibility index (Phi) is 4.66. The highest BCUT2D eigenvalue weighted by Crippen LogP contribution is 2.15. The third-order valence-corrected chi connectivity index (χ3v) is 2.39. The fraction of sp³-hybridized carbons (Fsp3) is 0.727. The predicted octanol–water partition coefficient (Wildman–Crippen LogP) is 2.26. The molecule has 0 aliphatic rings. The molecule has 80 valence electrons. The van der Waals surface area contributed by atoms with Crippen molar-refractivity contribution >= 4 is 0 Å². The van der Waals surface area contributed by atoms with Crippen LogP contribution in [0.15, 0.2) is 12.4 Å². The second-order valence-electron chi connectivity index (χ2n) is 3.69. The highest BCUT2D eigenvalue weighted by molar-refractivity contribution is 4.98. The van der Waals surface area contributed by atoms with E-state index in [0.717, 1.165) is 18.8 Å². The molecule has 1 unspecified atom stereocenters. The van der Waals surface area contributed by atoms with Crippen molar-refractivity contribution in [3.63, 3.8) is 0 Å². The van der Waals surface area contributed by atoms with E-state index in [1.54, 1.807) is 0 Å². The third kappa shape index (κ3) is 2.84. The van der Waals surface area contributed by atoms with Crippen LogP contribution in [0.2, 0.25) is 0 Å². The van der Waals surface area contributed by atoms with Crippen LogP contribution >= 0.6 is 0 Å². The average Bonchev–Trinajstić information content (AvgIpc) is 2.59. The van der Waals surface area contributed by atoms with Crippen LogP contribution < -0.4 is 5.32 Å². The zero-order valence-electron chi connectivity index (χ0n) is 9.45. The van der Waals surface area contributed by atoms with Gasteiger partial charge in [0.2, 0.25) is 0 Å². The maximum Gasteiger partial charge on any atom is 0.125 e. The summed E-state index contributed by atoms with van der Waals surface area (Å²) in [5, 5.41) is 3.53. The Morgan fingerprint density at radius 3 is 2.71 bits per heavy atom. The minimum absolute atomic E-state index is 0.417. The van der Waals surface area contributed by atoms with Crippen LogP contribution in [0.25, 0.3) is 0 Å². The van der Waals surface area contributed by atoms with Gasteiger partial charge < -0.3 is 9.88 Å². The van der Waals surface area contributed by atoms with E-state index >= 15 is 0 Å². The Balaban J connectivity index is 2.62. The van der Waals surface area contributed by atoms with Gasteiger partial charge in [-0.15, -0.1) is 0 Å². The van der Waals surface area contributed by atoms with Gasteiger partial charge in [0.1, 0.15) is 5.82 Å². The van der Waals surface area contributed by atoms with Crippen molar-refractivity contribution in [1.29, 1.82) is 0 Å². The highest BCUT2D eigenvalue weighted by atomic mass is 15.1. The Morgan fingerprint density at radius 2 is 2.21 bits per heavy atom. The molecule has 0 fully saturated rings. The van der Waals surface area contributed by atoms with Gasteiger partial charge in [0, 0.05) is 19.4 Å². The molecule has 0 radical (unpaired) electrons. The normalized spacial score (nSPS) is 13.1. The number of rotatable bonds is 6. The van der Waals surface area contributed by atoms with Crippen LogP contribution in [0.1, 0.15) is 45.0 Å². The quantitative estimate of drug-likeness (QED) is 0.754. The summed E-state index contributed by atoms with van der Waals surface area (Å²) in [4.78, 5) is 4.39. The van der Waals surface area contributed by atoms with Crippen molar-refractivity contribution < 1.29 is 0 Å². The molecule has 0 aliphatic heterocycles. The van der Waals surface area contributed by atoms with E-state index in [1.807, 2.05) is 12.4 Å². The van der Waals surface area contributed by atoms with Crippen LogP contribution in [0, 0.1) is 0 Å². The van der Waals surface area contributed by atoms with E-state index in [4.69, 9.17) is 0 Å². The van der Waals surface area contributed by atoms with Crippen molar-refractivity contribution in [3.05, 3.63) is 18.2 Å². The number of aromatic nitrogens is 2. The fourth-order valence-electron chi connectivity index (χ4n) is 1.64. The van der Waals surface area contributed by atoms with E-state index in [1.165, 1.54) is 12.8 Å². The Labute approximate surface area is 86.5 Å². The summed E-state index contributed by atoms with van der Waals surface area (Å²) in [6.07, 6.45) is 7.39. The lowest BCUT2D eigenvalue weighted by Crippen LogP contribution is -2.24. The summed E-state index contributed by atoms with van der Waals surface area (Å²) in [5.41, 5.74) is 0. The molecule has 0 saturated heterocycles. The number of nitrogens with zero attached hydrogens (tertiary/aromatic N) is 2. The Bertz CT molecular complexity index is 255. The van der Waals surface area contributed by atoms with Gasteiger partial charge in [0.05, 0.1) is 6.04 Å². The molecule has 3 nitrogen and oxygen atoms in total. The summed E-state index contributed by atoms with van der Waals surface area (Å²) in [6, 6.07) is 0.417. The number of hydrogen-bond acceptors (Lipinski definition) is 2. The van der Waals surface area contributed by atoms with Crippen LogP contribution in [0.3, 0.4) is 0 Å². The van der Waals surface area contributed by atoms with Gasteiger partial charge in [-0.25, -0.2) is 4.98 Å². The van der Waals surface area contributed by atoms with E-state index in [0.29, 0.717) is 6.04 Å². The molecule has 0 bridgehead atoms. The summed E-state index contributed by atoms with van der Waals surface area (Å²) in [5.74, 6) is 1.15. The molecule has 1 N–H and O–H groups in total. The van der Waals surface area contributed by atoms with Crippen LogP contribution in [0.5, 0.6) is 0 Å². The maximum absolute atomic E-state index is 4.39. The molecule has 1 heterocycles. The first-order valence-electron chi connectivity index (χ1n) is 5.50. The summed E-state index contributed by atoms with van der Waals surface area (Å²) >= 11 is 0. The second kappa shape index (κ2) is 5.81. The lowest BCUT2D eigenvalue weighted by Gasteiger charge is -2.17.